The summed E-state index contributed by atoms with van der Waals surface area (Å²) < 4.78 is 5.15. The Kier molecular flexibility index (Phi) is 9.42. The molecule has 2 aromatic heterocycles. The topological polar surface area (TPSA) is 119 Å². The lowest BCUT2D eigenvalue weighted by molar-refractivity contribution is -0.142. The number of fused-ring (bicyclic) bond motifs is 2. The Balaban J connectivity index is 1.26. The number of esters is 1. The first-order chi connectivity index (χ1) is 22.8. The third-order valence-electron chi connectivity index (χ3n) is 8.23. The van der Waals surface area contributed by atoms with E-state index in [0.29, 0.717) is 27.5 Å². The second-order valence-electron chi connectivity index (χ2n) is 11.1. The van der Waals surface area contributed by atoms with Gasteiger partial charge in [0.25, 0.3) is 0 Å². The van der Waals surface area contributed by atoms with Crippen LogP contribution in [0.2, 0.25) is 0 Å². The van der Waals surface area contributed by atoms with Gasteiger partial charge in [0, 0.05) is 58.2 Å². The fourth-order valence-electron chi connectivity index (χ4n) is 5.88. The van der Waals surface area contributed by atoms with Crippen LogP contribution in [0.1, 0.15) is 22.3 Å². The van der Waals surface area contributed by atoms with Gasteiger partial charge in [0.05, 0.1) is 7.11 Å². The first-order valence-corrected chi connectivity index (χ1v) is 15.9. The minimum absolute atomic E-state index is 0.234. The third-order valence-corrected chi connectivity index (χ3v) is 8.90. The lowest BCUT2D eigenvalue weighted by atomic mass is 9.94. The number of nitrogens with one attached hydrogen (secondary N) is 4. The summed E-state index contributed by atoms with van der Waals surface area (Å²) >= 11 is 11.7. The average molecular weight is 661 g/mol. The predicted molar refractivity (Wildman–Crippen MR) is 193 cm³/mol. The predicted octanol–water partition coefficient (Wildman–Crippen LogP) is 6.33. The van der Waals surface area contributed by atoms with Crippen LogP contribution in [0.4, 0.5) is 0 Å². The molecule has 0 saturated heterocycles. The van der Waals surface area contributed by atoms with Crippen LogP contribution in [0, 0.1) is 0 Å². The minimum atomic E-state index is -1.01. The van der Waals surface area contributed by atoms with E-state index in [1.54, 1.807) is 0 Å². The summed E-state index contributed by atoms with van der Waals surface area (Å²) in [6, 6.07) is 29.1. The van der Waals surface area contributed by atoms with Crippen LogP contribution in [0.3, 0.4) is 0 Å². The first kappa shape index (κ1) is 31.7. The highest BCUT2D eigenvalue weighted by Gasteiger charge is 2.25. The SMILES string of the molecule is COC(=O)C(Cc1c[nH]c2ccccc12)NC(=S)c1ccccc1-c1ccccc1C(=S)N[C@@H](Cc1c[nH]c2ccccc12)C(=O)O. The standard InChI is InChI=1S/C37H32N4O4S2/c1-45-37(44)33(19-23-21-39-31-17-9-7-11-25(23)31)41-35(47)29-15-5-3-13-27(29)26-12-2-4-14-28(26)34(46)40-32(36(42)43)18-22-20-38-30-16-8-6-10-24(22)30/h2-17,20-21,32-33,38-39H,18-19H2,1H3,(H,40,46)(H,41,47)(H,42,43)/t32-,33?/m0/s1. The molecule has 0 aliphatic carbocycles. The zero-order chi connectivity index (χ0) is 32.9. The van der Waals surface area contributed by atoms with Crippen molar-refractivity contribution in [2.75, 3.05) is 7.11 Å². The van der Waals surface area contributed by atoms with E-state index in [2.05, 4.69) is 20.6 Å². The maximum Gasteiger partial charge on any atom is 0.328 e. The molecule has 8 nitrogen and oxygen atoms in total. The highest BCUT2D eigenvalue weighted by Crippen LogP contribution is 2.29. The summed E-state index contributed by atoms with van der Waals surface area (Å²) in [6.07, 6.45) is 4.32. The number of methoxy groups -OCH3 is 1. The van der Waals surface area contributed by atoms with Crippen molar-refractivity contribution in [2.45, 2.75) is 24.9 Å². The quantitative estimate of drug-likeness (QED) is 0.0809. The number of hydrogen-bond acceptors (Lipinski definition) is 5. The Hall–Kier alpha value is -5.32. The molecule has 0 spiro atoms. The van der Waals surface area contributed by atoms with Crippen LogP contribution in [0.5, 0.6) is 0 Å². The molecule has 6 rings (SSSR count). The summed E-state index contributed by atoms with van der Waals surface area (Å²) in [4.78, 5) is 32.5. The number of carbonyl (C=O) groups excluding carboxylic acids is 1. The lowest BCUT2D eigenvalue weighted by Gasteiger charge is -2.21. The van der Waals surface area contributed by atoms with Gasteiger partial charge in [0.1, 0.15) is 22.1 Å². The smallest absolute Gasteiger partial charge is 0.328 e. The summed E-state index contributed by atoms with van der Waals surface area (Å²) in [6.45, 7) is 0. The van der Waals surface area contributed by atoms with E-state index in [-0.39, 0.29) is 6.42 Å². The van der Waals surface area contributed by atoms with Gasteiger partial charge in [-0.2, -0.15) is 0 Å². The van der Waals surface area contributed by atoms with Crippen molar-refractivity contribution in [2.24, 2.45) is 0 Å². The molecule has 236 valence electrons. The second kappa shape index (κ2) is 14.0. The molecular formula is C37H32N4O4S2. The van der Waals surface area contributed by atoms with E-state index in [0.717, 1.165) is 44.1 Å². The Labute approximate surface area is 282 Å². The number of benzene rings is 4. The highest BCUT2D eigenvalue weighted by atomic mass is 32.1. The van der Waals surface area contributed by atoms with Crippen LogP contribution in [-0.2, 0) is 27.2 Å². The van der Waals surface area contributed by atoms with E-state index < -0.39 is 24.0 Å². The number of carbonyl (C=O) groups is 2. The van der Waals surface area contributed by atoms with Gasteiger partial charge < -0.3 is 30.4 Å². The summed E-state index contributed by atoms with van der Waals surface area (Å²) in [5.41, 5.74) is 6.66. The van der Waals surface area contributed by atoms with Crippen LogP contribution < -0.4 is 10.6 Å². The van der Waals surface area contributed by atoms with Gasteiger partial charge in [-0.1, -0.05) is 109 Å². The number of carboxylic acids is 1. The molecule has 0 bridgehead atoms. The van der Waals surface area contributed by atoms with E-state index in [1.807, 2.05) is 109 Å². The molecule has 2 heterocycles. The van der Waals surface area contributed by atoms with Gasteiger partial charge in [-0.05, 0) is 34.4 Å². The maximum atomic E-state index is 13.0. The molecule has 0 radical (unpaired) electrons. The number of aliphatic carboxylic acids is 1. The Morgan fingerprint density at radius 2 is 1.11 bits per heavy atom. The van der Waals surface area contributed by atoms with Crippen LogP contribution in [0.25, 0.3) is 32.9 Å². The molecule has 0 fully saturated rings. The minimum Gasteiger partial charge on any atom is -0.480 e. The largest absolute Gasteiger partial charge is 0.480 e. The number of aromatic nitrogens is 2. The fraction of sp³-hybridized carbons (Fsp3) is 0.135. The summed E-state index contributed by atoms with van der Waals surface area (Å²) in [7, 11) is 1.36. The normalized spacial score (nSPS) is 12.4. The van der Waals surface area contributed by atoms with Crippen LogP contribution >= 0.6 is 24.4 Å². The lowest BCUT2D eigenvalue weighted by Crippen LogP contribution is -2.43. The van der Waals surface area contributed by atoms with Crippen molar-refractivity contribution in [3.8, 4) is 11.1 Å². The van der Waals surface area contributed by atoms with Gasteiger partial charge in [-0.3, -0.25) is 0 Å². The number of aromatic amines is 2. The number of carboxylic acid groups (broad SMARTS) is 1. The van der Waals surface area contributed by atoms with Gasteiger partial charge >= 0.3 is 11.9 Å². The molecule has 0 amide bonds. The summed E-state index contributed by atoms with van der Waals surface area (Å²) in [5, 5.41) is 18.5. The van der Waals surface area contributed by atoms with E-state index in [9.17, 15) is 14.7 Å². The Bertz CT molecular complexity index is 2120. The number of hydrogen-bond donors (Lipinski definition) is 5. The van der Waals surface area contributed by atoms with Crippen molar-refractivity contribution in [3.05, 3.63) is 132 Å². The molecule has 47 heavy (non-hydrogen) atoms. The third kappa shape index (κ3) is 6.79. The Morgan fingerprint density at radius 3 is 1.60 bits per heavy atom. The van der Waals surface area contributed by atoms with Crippen molar-refractivity contribution in [1.29, 1.82) is 0 Å². The molecule has 4 aromatic carbocycles. The van der Waals surface area contributed by atoms with E-state index >= 15 is 0 Å². The van der Waals surface area contributed by atoms with Gasteiger partial charge in [0.15, 0.2) is 0 Å². The van der Waals surface area contributed by atoms with E-state index in [4.69, 9.17) is 29.2 Å². The van der Waals surface area contributed by atoms with Crippen molar-refractivity contribution in [3.63, 3.8) is 0 Å². The Morgan fingerprint density at radius 1 is 0.681 bits per heavy atom. The molecule has 0 aliphatic heterocycles. The van der Waals surface area contributed by atoms with Crippen molar-refractivity contribution < 1.29 is 19.4 Å². The maximum absolute atomic E-state index is 13.0. The number of ether oxygens (including phenoxy) is 1. The molecule has 10 heteroatoms. The van der Waals surface area contributed by atoms with Gasteiger partial charge in [-0.25, -0.2) is 9.59 Å². The monoisotopic (exact) mass is 660 g/mol. The molecular weight excluding hydrogens is 629 g/mol. The number of rotatable bonds is 11. The van der Waals surface area contributed by atoms with Crippen LogP contribution in [-0.4, -0.2) is 56.2 Å². The molecule has 1 unspecified atom stereocenters. The van der Waals surface area contributed by atoms with Crippen LogP contribution in [0.15, 0.2) is 109 Å². The molecule has 0 saturated carbocycles. The number of H-pyrrole nitrogens is 2. The van der Waals surface area contributed by atoms with E-state index in [1.165, 1.54) is 7.11 Å². The molecule has 6 aromatic rings. The number of thiocarbonyl (C=S) groups is 2. The zero-order valence-corrected chi connectivity index (χ0v) is 27.1. The van der Waals surface area contributed by atoms with Gasteiger partial charge in [0.2, 0.25) is 0 Å². The number of para-hydroxylation sites is 2. The molecule has 5 N–H and O–H groups in total. The highest BCUT2D eigenvalue weighted by molar-refractivity contribution is 7.81. The second-order valence-corrected chi connectivity index (χ2v) is 11.9. The molecule has 2 atom stereocenters. The first-order valence-electron chi connectivity index (χ1n) is 15.0. The van der Waals surface area contributed by atoms with Crippen molar-refractivity contribution in [1.82, 2.24) is 20.6 Å². The van der Waals surface area contributed by atoms with Gasteiger partial charge in [-0.15, -0.1) is 0 Å². The van der Waals surface area contributed by atoms with Crippen molar-refractivity contribution >= 4 is 68.2 Å². The fourth-order valence-corrected chi connectivity index (χ4v) is 6.52. The summed E-state index contributed by atoms with van der Waals surface area (Å²) in [5.74, 6) is -1.44. The molecule has 0 aliphatic rings. The average Bonchev–Trinajstić information content (AvgIpc) is 3.71. The zero-order valence-electron chi connectivity index (χ0n) is 25.4.